The molecule has 0 fully saturated rings. The minimum absolute atomic E-state index is 0.290. The van der Waals surface area contributed by atoms with Crippen molar-refractivity contribution in [2.45, 2.75) is 6.61 Å². The normalized spacial score (nSPS) is 10.1. The van der Waals surface area contributed by atoms with Gasteiger partial charge < -0.3 is 15.2 Å². The molecule has 94 valence electrons. The molecule has 2 aromatic rings. The van der Waals surface area contributed by atoms with E-state index in [9.17, 15) is 4.39 Å². The lowest BCUT2D eigenvalue weighted by Crippen LogP contribution is -1.99. The van der Waals surface area contributed by atoms with Crippen LogP contribution in [0.4, 0.5) is 10.1 Å². The Labute approximate surface area is 105 Å². The summed E-state index contributed by atoms with van der Waals surface area (Å²) in [7, 11) is 1.61. The van der Waals surface area contributed by atoms with E-state index in [0.717, 1.165) is 11.3 Å². The number of nitrogens with two attached hydrogens (primary N) is 1. The zero-order valence-electron chi connectivity index (χ0n) is 10.0. The average molecular weight is 247 g/mol. The molecule has 2 N–H and O–H groups in total. The van der Waals surface area contributed by atoms with Gasteiger partial charge in [0.1, 0.15) is 23.9 Å². The van der Waals surface area contributed by atoms with E-state index in [2.05, 4.69) is 0 Å². The van der Waals surface area contributed by atoms with E-state index < -0.39 is 0 Å². The van der Waals surface area contributed by atoms with E-state index in [1.807, 2.05) is 24.3 Å². The smallest absolute Gasteiger partial charge is 0.142 e. The molecular weight excluding hydrogens is 233 g/mol. The molecule has 0 bridgehead atoms. The topological polar surface area (TPSA) is 44.5 Å². The summed E-state index contributed by atoms with van der Waals surface area (Å²) < 4.78 is 23.5. The van der Waals surface area contributed by atoms with Gasteiger partial charge in [0.25, 0.3) is 0 Å². The monoisotopic (exact) mass is 247 g/mol. The molecule has 0 aliphatic heterocycles. The highest BCUT2D eigenvalue weighted by atomic mass is 19.1. The summed E-state index contributed by atoms with van der Waals surface area (Å²) >= 11 is 0. The summed E-state index contributed by atoms with van der Waals surface area (Å²) in [5, 5.41) is 0. The van der Waals surface area contributed by atoms with Gasteiger partial charge in [0.15, 0.2) is 0 Å². The SMILES string of the molecule is COc1cccc(COc2ccc(F)cc2N)c1. The first-order chi connectivity index (χ1) is 8.69. The van der Waals surface area contributed by atoms with Gasteiger partial charge in [0.05, 0.1) is 12.8 Å². The molecule has 4 heteroatoms. The second-order valence-corrected chi connectivity index (χ2v) is 3.82. The molecule has 0 aliphatic carbocycles. The van der Waals surface area contributed by atoms with E-state index in [1.165, 1.54) is 18.2 Å². The third kappa shape index (κ3) is 2.91. The second-order valence-electron chi connectivity index (χ2n) is 3.82. The Morgan fingerprint density at radius 2 is 2.00 bits per heavy atom. The van der Waals surface area contributed by atoms with Crippen LogP contribution in [0.5, 0.6) is 11.5 Å². The van der Waals surface area contributed by atoms with Crippen LogP contribution in [0.15, 0.2) is 42.5 Å². The van der Waals surface area contributed by atoms with Crippen LogP contribution in [0.25, 0.3) is 0 Å². The van der Waals surface area contributed by atoms with Crippen molar-refractivity contribution in [1.29, 1.82) is 0 Å². The van der Waals surface area contributed by atoms with Gasteiger partial charge in [0.2, 0.25) is 0 Å². The fourth-order valence-corrected chi connectivity index (χ4v) is 1.57. The predicted octanol–water partition coefficient (Wildman–Crippen LogP) is 3.00. The molecule has 0 amide bonds. The number of benzene rings is 2. The van der Waals surface area contributed by atoms with Crippen molar-refractivity contribution in [3.05, 3.63) is 53.8 Å². The summed E-state index contributed by atoms with van der Waals surface area (Å²) in [5.41, 5.74) is 6.90. The first-order valence-corrected chi connectivity index (χ1v) is 5.50. The third-order valence-corrected chi connectivity index (χ3v) is 2.50. The Balaban J connectivity index is 2.06. The molecule has 2 aromatic carbocycles. The fraction of sp³-hybridized carbons (Fsp3) is 0.143. The van der Waals surface area contributed by atoms with Gasteiger partial charge in [-0.1, -0.05) is 12.1 Å². The van der Waals surface area contributed by atoms with E-state index in [0.29, 0.717) is 12.4 Å². The van der Waals surface area contributed by atoms with Crippen LogP contribution in [-0.4, -0.2) is 7.11 Å². The summed E-state index contributed by atoms with van der Waals surface area (Å²) in [5.74, 6) is 0.864. The van der Waals surface area contributed by atoms with E-state index in [1.54, 1.807) is 7.11 Å². The molecule has 0 heterocycles. The van der Waals surface area contributed by atoms with Crippen molar-refractivity contribution in [3.8, 4) is 11.5 Å². The van der Waals surface area contributed by atoms with E-state index in [4.69, 9.17) is 15.2 Å². The maximum atomic E-state index is 12.9. The molecule has 0 unspecified atom stereocenters. The molecule has 0 radical (unpaired) electrons. The highest BCUT2D eigenvalue weighted by Crippen LogP contribution is 2.23. The maximum absolute atomic E-state index is 12.9. The Hall–Kier alpha value is -2.23. The minimum Gasteiger partial charge on any atom is -0.497 e. The van der Waals surface area contributed by atoms with Gasteiger partial charge in [0, 0.05) is 6.07 Å². The largest absolute Gasteiger partial charge is 0.497 e. The van der Waals surface area contributed by atoms with Crippen molar-refractivity contribution < 1.29 is 13.9 Å². The number of methoxy groups -OCH3 is 1. The Morgan fingerprint density at radius 1 is 1.17 bits per heavy atom. The number of halogens is 1. The van der Waals surface area contributed by atoms with Crippen molar-refractivity contribution in [3.63, 3.8) is 0 Å². The highest BCUT2D eigenvalue weighted by Gasteiger charge is 2.03. The quantitative estimate of drug-likeness (QED) is 0.845. The molecule has 0 aliphatic rings. The first kappa shape index (κ1) is 12.2. The lowest BCUT2D eigenvalue weighted by molar-refractivity contribution is 0.306. The minimum atomic E-state index is -0.374. The summed E-state index contributed by atoms with van der Waals surface area (Å²) in [6.45, 7) is 0.354. The number of hydrogen-bond donors (Lipinski definition) is 1. The van der Waals surface area contributed by atoms with Gasteiger partial charge in [-0.25, -0.2) is 4.39 Å². The molecule has 3 nitrogen and oxygen atoms in total. The number of hydrogen-bond acceptors (Lipinski definition) is 3. The van der Waals surface area contributed by atoms with Gasteiger partial charge in [-0.3, -0.25) is 0 Å². The van der Waals surface area contributed by atoms with Crippen molar-refractivity contribution in [2.75, 3.05) is 12.8 Å². The lowest BCUT2D eigenvalue weighted by Gasteiger charge is -2.09. The van der Waals surface area contributed by atoms with Crippen LogP contribution >= 0.6 is 0 Å². The van der Waals surface area contributed by atoms with Gasteiger partial charge in [-0.05, 0) is 29.8 Å². The van der Waals surface area contributed by atoms with E-state index >= 15 is 0 Å². The molecule has 0 saturated carbocycles. The molecular formula is C14H14FNO2. The molecule has 0 aromatic heterocycles. The van der Waals surface area contributed by atoms with Gasteiger partial charge >= 0.3 is 0 Å². The zero-order valence-corrected chi connectivity index (χ0v) is 10.0. The molecule has 0 atom stereocenters. The molecule has 0 saturated heterocycles. The Bertz CT molecular complexity index is 543. The summed E-state index contributed by atoms with van der Waals surface area (Å²) in [4.78, 5) is 0. The highest BCUT2D eigenvalue weighted by molar-refractivity contribution is 5.52. The van der Waals surface area contributed by atoms with Crippen LogP contribution < -0.4 is 15.2 Å². The van der Waals surface area contributed by atoms with E-state index in [-0.39, 0.29) is 11.5 Å². The predicted molar refractivity (Wildman–Crippen MR) is 68.1 cm³/mol. The van der Waals surface area contributed by atoms with Crippen LogP contribution in [0.1, 0.15) is 5.56 Å². The van der Waals surface area contributed by atoms with Crippen molar-refractivity contribution in [1.82, 2.24) is 0 Å². The number of ether oxygens (including phenoxy) is 2. The Kier molecular flexibility index (Phi) is 3.67. The van der Waals surface area contributed by atoms with Crippen LogP contribution in [0, 0.1) is 5.82 Å². The van der Waals surface area contributed by atoms with Crippen LogP contribution in [-0.2, 0) is 6.61 Å². The number of nitrogen functional groups attached to an aromatic ring is 1. The molecule has 18 heavy (non-hydrogen) atoms. The summed E-state index contributed by atoms with van der Waals surface area (Å²) in [6, 6.07) is 11.6. The molecule has 0 spiro atoms. The maximum Gasteiger partial charge on any atom is 0.142 e. The Morgan fingerprint density at radius 3 is 2.72 bits per heavy atom. The van der Waals surface area contributed by atoms with Crippen LogP contribution in [0.2, 0.25) is 0 Å². The first-order valence-electron chi connectivity index (χ1n) is 5.50. The standard InChI is InChI=1S/C14H14FNO2/c1-17-12-4-2-3-10(7-12)9-18-14-6-5-11(15)8-13(14)16/h2-8H,9,16H2,1H3. The van der Waals surface area contributed by atoms with Crippen molar-refractivity contribution in [2.24, 2.45) is 0 Å². The van der Waals surface area contributed by atoms with Crippen molar-refractivity contribution >= 4 is 5.69 Å². The number of anilines is 1. The lowest BCUT2D eigenvalue weighted by atomic mass is 10.2. The molecule has 2 rings (SSSR count). The summed E-state index contributed by atoms with van der Waals surface area (Å²) in [6.07, 6.45) is 0. The number of rotatable bonds is 4. The van der Waals surface area contributed by atoms with Gasteiger partial charge in [-0.2, -0.15) is 0 Å². The average Bonchev–Trinajstić information content (AvgIpc) is 2.38. The zero-order chi connectivity index (χ0) is 13.0. The fourth-order valence-electron chi connectivity index (χ4n) is 1.57. The third-order valence-electron chi connectivity index (χ3n) is 2.50. The van der Waals surface area contributed by atoms with Gasteiger partial charge in [-0.15, -0.1) is 0 Å². The second kappa shape index (κ2) is 5.40. The van der Waals surface area contributed by atoms with Crippen LogP contribution in [0.3, 0.4) is 0 Å².